The molecule has 0 spiro atoms. The Hall–Kier alpha value is -2.61. The number of hydrogen-bond acceptors (Lipinski definition) is 5. The minimum atomic E-state index is 0.270. The first kappa shape index (κ1) is 11.9. The maximum atomic E-state index is 8.58. The van der Waals surface area contributed by atoms with Crippen LogP contribution in [0.2, 0.25) is 0 Å². The van der Waals surface area contributed by atoms with Gasteiger partial charge in [-0.05, 0) is 17.7 Å². The van der Waals surface area contributed by atoms with Gasteiger partial charge in [0.15, 0.2) is 5.69 Å². The zero-order valence-corrected chi connectivity index (χ0v) is 9.83. The number of rotatable bonds is 4. The Bertz CT molecular complexity index is 544. The first-order valence-electron chi connectivity index (χ1n) is 5.29. The predicted octanol–water partition coefficient (Wildman–Crippen LogP) is 1.94. The molecule has 0 aliphatic heterocycles. The zero-order valence-electron chi connectivity index (χ0n) is 9.83. The van der Waals surface area contributed by atoms with E-state index in [0.717, 1.165) is 11.3 Å². The van der Waals surface area contributed by atoms with Crippen molar-refractivity contribution in [3.63, 3.8) is 0 Å². The van der Waals surface area contributed by atoms with Crippen LogP contribution >= 0.6 is 0 Å². The van der Waals surface area contributed by atoms with E-state index in [4.69, 9.17) is 14.7 Å². The molecule has 0 amide bonds. The summed E-state index contributed by atoms with van der Waals surface area (Å²) < 4.78 is 10.5. The molecule has 1 aromatic carbocycles. The summed E-state index contributed by atoms with van der Waals surface area (Å²) in [6.45, 7) is 0.393. The molecule has 5 nitrogen and oxygen atoms in total. The van der Waals surface area contributed by atoms with E-state index in [1.54, 1.807) is 7.11 Å². The molecule has 0 fully saturated rings. The van der Waals surface area contributed by atoms with Gasteiger partial charge < -0.3 is 9.47 Å². The lowest BCUT2D eigenvalue weighted by Crippen LogP contribution is -1.98. The van der Waals surface area contributed by atoms with Crippen molar-refractivity contribution in [2.24, 2.45) is 0 Å². The summed E-state index contributed by atoms with van der Waals surface area (Å²) in [6.07, 6.45) is 2.81. The average molecular weight is 241 g/mol. The lowest BCUT2D eigenvalue weighted by atomic mass is 10.2. The number of methoxy groups -OCH3 is 1. The van der Waals surface area contributed by atoms with Crippen LogP contribution in [0.3, 0.4) is 0 Å². The van der Waals surface area contributed by atoms with Crippen molar-refractivity contribution in [3.05, 3.63) is 47.9 Å². The maximum absolute atomic E-state index is 8.58. The predicted molar refractivity (Wildman–Crippen MR) is 64.1 cm³/mol. The molecule has 0 aliphatic carbocycles. The van der Waals surface area contributed by atoms with Gasteiger partial charge in [0.1, 0.15) is 18.4 Å². The van der Waals surface area contributed by atoms with Crippen LogP contribution < -0.4 is 9.47 Å². The molecule has 5 heteroatoms. The van der Waals surface area contributed by atoms with Crippen LogP contribution in [0.5, 0.6) is 11.6 Å². The molecular formula is C13H11N3O2. The largest absolute Gasteiger partial charge is 0.497 e. The SMILES string of the molecule is COc1ccc(COc2cnc(C#N)cn2)cc1. The summed E-state index contributed by atoms with van der Waals surface area (Å²) in [6, 6.07) is 9.45. The van der Waals surface area contributed by atoms with E-state index in [9.17, 15) is 0 Å². The van der Waals surface area contributed by atoms with Gasteiger partial charge in [-0.2, -0.15) is 5.26 Å². The minimum absolute atomic E-state index is 0.270. The monoisotopic (exact) mass is 241 g/mol. The fourth-order valence-corrected chi connectivity index (χ4v) is 1.33. The smallest absolute Gasteiger partial charge is 0.232 e. The highest BCUT2D eigenvalue weighted by molar-refractivity contribution is 5.27. The van der Waals surface area contributed by atoms with Crippen molar-refractivity contribution in [2.75, 3.05) is 7.11 Å². The first-order chi connectivity index (χ1) is 8.81. The fraction of sp³-hybridized carbons (Fsp3) is 0.154. The molecule has 2 rings (SSSR count). The van der Waals surface area contributed by atoms with Crippen LogP contribution in [-0.2, 0) is 6.61 Å². The fourth-order valence-electron chi connectivity index (χ4n) is 1.33. The molecule has 0 unspecified atom stereocenters. The van der Waals surface area contributed by atoms with Gasteiger partial charge in [0.25, 0.3) is 0 Å². The van der Waals surface area contributed by atoms with E-state index in [0.29, 0.717) is 12.5 Å². The zero-order chi connectivity index (χ0) is 12.8. The van der Waals surface area contributed by atoms with Crippen molar-refractivity contribution in [1.29, 1.82) is 5.26 Å². The van der Waals surface area contributed by atoms with E-state index in [2.05, 4.69) is 9.97 Å². The third kappa shape index (κ3) is 2.95. The second kappa shape index (κ2) is 5.64. The van der Waals surface area contributed by atoms with Crippen LogP contribution in [0.1, 0.15) is 11.3 Å². The second-order valence-electron chi connectivity index (χ2n) is 3.49. The van der Waals surface area contributed by atoms with Crippen LogP contribution in [0.15, 0.2) is 36.7 Å². The third-order valence-electron chi connectivity index (χ3n) is 2.29. The summed E-state index contributed by atoms with van der Waals surface area (Å²) in [5, 5.41) is 8.58. The van der Waals surface area contributed by atoms with Crippen LogP contribution in [0.4, 0.5) is 0 Å². The Morgan fingerprint density at radius 3 is 2.50 bits per heavy atom. The van der Waals surface area contributed by atoms with Crippen LogP contribution in [0.25, 0.3) is 0 Å². The molecule has 0 atom stereocenters. The normalized spacial score (nSPS) is 9.56. The van der Waals surface area contributed by atoms with Crippen LogP contribution in [-0.4, -0.2) is 17.1 Å². The molecule has 0 radical (unpaired) electrons. The first-order valence-corrected chi connectivity index (χ1v) is 5.29. The van der Waals surface area contributed by atoms with E-state index >= 15 is 0 Å². The summed E-state index contributed by atoms with van der Waals surface area (Å²) in [5.74, 6) is 1.20. The van der Waals surface area contributed by atoms with E-state index in [-0.39, 0.29) is 5.69 Å². The summed E-state index contributed by atoms with van der Waals surface area (Å²) in [5.41, 5.74) is 1.27. The molecule has 0 saturated carbocycles. The highest BCUT2D eigenvalue weighted by atomic mass is 16.5. The van der Waals surface area contributed by atoms with Gasteiger partial charge in [-0.15, -0.1) is 0 Å². The van der Waals surface area contributed by atoms with Crippen molar-refractivity contribution in [2.45, 2.75) is 6.61 Å². The molecule has 0 aliphatic rings. The van der Waals surface area contributed by atoms with Gasteiger partial charge in [0.2, 0.25) is 5.88 Å². The third-order valence-corrected chi connectivity index (χ3v) is 2.29. The molecule has 2 aromatic rings. The Morgan fingerprint density at radius 2 is 1.94 bits per heavy atom. The van der Waals surface area contributed by atoms with Gasteiger partial charge in [-0.25, -0.2) is 9.97 Å². The number of benzene rings is 1. The lowest BCUT2D eigenvalue weighted by molar-refractivity contribution is 0.292. The number of nitrogens with zero attached hydrogens (tertiary/aromatic N) is 3. The van der Waals surface area contributed by atoms with E-state index in [1.807, 2.05) is 30.3 Å². The maximum Gasteiger partial charge on any atom is 0.232 e. The molecule has 18 heavy (non-hydrogen) atoms. The Morgan fingerprint density at radius 1 is 1.17 bits per heavy atom. The Kier molecular flexibility index (Phi) is 3.72. The molecule has 1 heterocycles. The highest BCUT2D eigenvalue weighted by Gasteiger charge is 1.99. The molecule has 1 aromatic heterocycles. The van der Waals surface area contributed by atoms with Gasteiger partial charge >= 0.3 is 0 Å². The van der Waals surface area contributed by atoms with Crippen molar-refractivity contribution >= 4 is 0 Å². The van der Waals surface area contributed by atoms with Gasteiger partial charge in [-0.1, -0.05) is 12.1 Å². The lowest BCUT2D eigenvalue weighted by Gasteiger charge is -2.05. The molecule has 0 bridgehead atoms. The van der Waals surface area contributed by atoms with Gasteiger partial charge in [0, 0.05) is 0 Å². The Balaban J connectivity index is 1.95. The molecular weight excluding hydrogens is 230 g/mol. The van der Waals surface area contributed by atoms with Crippen LogP contribution in [0, 0.1) is 11.3 Å². The van der Waals surface area contributed by atoms with Gasteiger partial charge in [0.05, 0.1) is 19.5 Å². The van der Waals surface area contributed by atoms with Crippen molar-refractivity contribution in [3.8, 4) is 17.7 Å². The molecule has 0 saturated heterocycles. The van der Waals surface area contributed by atoms with E-state index in [1.165, 1.54) is 12.4 Å². The second-order valence-corrected chi connectivity index (χ2v) is 3.49. The average Bonchev–Trinajstić information content (AvgIpc) is 2.46. The summed E-state index contributed by atoms with van der Waals surface area (Å²) in [4.78, 5) is 7.83. The van der Waals surface area contributed by atoms with Crippen molar-refractivity contribution in [1.82, 2.24) is 9.97 Å². The molecule has 90 valence electrons. The van der Waals surface area contributed by atoms with Crippen molar-refractivity contribution < 1.29 is 9.47 Å². The number of nitriles is 1. The minimum Gasteiger partial charge on any atom is -0.497 e. The molecule has 0 N–H and O–H groups in total. The topological polar surface area (TPSA) is 68.0 Å². The summed E-state index contributed by atoms with van der Waals surface area (Å²) in [7, 11) is 1.62. The summed E-state index contributed by atoms with van der Waals surface area (Å²) >= 11 is 0. The number of hydrogen-bond donors (Lipinski definition) is 0. The number of aromatic nitrogens is 2. The standard InChI is InChI=1S/C13H11N3O2/c1-17-12-4-2-10(3-5-12)9-18-13-8-15-11(6-14)7-16-13/h2-5,7-8H,9H2,1H3. The number of ether oxygens (including phenoxy) is 2. The van der Waals surface area contributed by atoms with Gasteiger partial charge in [-0.3, -0.25) is 0 Å². The Labute approximate surface area is 105 Å². The quantitative estimate of drug-likeness (QED) is 0.818. The van der Waals surface area contributed by atoms with E-state index < -0.39 is 0 Å². The highest BCUT2D eigenvalue weighted by Crippen LogP contribution is 2.13.